The molecule has 0 atom stereocenters. The molecule has 2 heterocycles. The van der Waals surface area contributed by atoms with E-state index in [1.165, 1.54) is 0 Å². The summed E-state index contributed by atoms with van der Waals surface area (Å²) in [4.78, 5) is 11.9. The van der Waals surface area contributed by atoms with Crippen molar-refractivity contribution in [2.75, 3.05) is 19.6 Å². The highest BCUT2D eigenvalue weighted by atomic mass is 35.5. The Labute approximate surface area is 113 Å². The molecule has 98 valence electrons. The molecule has 1 aromatic rings. The highest BCUT2D eigenvalue weighted by Gasteiger charge is 2.37. The lowest BCUT2D eigenvalue weighted by Crippen LogP contribution is -2.52. The maximum atomic E-state index is 11.9. The lowest BCUT2D eigenvalue weighted by molar-refractivity contribution is 0.0414. The van der Waals surface area contributed by atoms with Crippen molar-refractivity contribution in [1.29, 1.82) is 0 Å². The third-order valence-electron chi connectivity index (χ3n) is 3.54. The quantitative estimate of drug-likeness (QED) is 0.747. The second kappa shape index (κ2) is 5.16. The summed E-state index contributed by atoms with van der Waals surface area (Å²) in [5.41, 5.74) is 0.413. The Kier molecular flexibility index (Phi) is 3.78. The Balaban J connectivity index is 0.00000120. The zero-order valence-corrected chi connectivity index (χ0v) is 10.9. The number of piperidine rings is 1. The Morgan fingerprint density at radius 2 is 1.89 bits per heavy atom. The van der Waals surface area contributed by atoms with Crippen molar-refractivity contribution in [3.8, 4) is 5.75 Å². The van der Waals surface area contributed by atoms with Crippen LogP contribution in [0.5, 0.6) is 5.75 Å². The molecule has 0 radical (unpaired) electrons. The average molecular weight is 269 g/mol. The summed E-state index contributed by atoms with van der Waals surface area (Å²) in [6, 6.07) is 7.46. The molecule has 1 saturated heterocycles. The number of carbonyl (C=O) groups excluding carboxylic acids is 1. The summed E-state index contributed by atoms with van der Waals surface area (Å²) >= 11 is 0. The molecular formula is C13H17ClN2O2. The van der Waals surface area contributed by atoms with E-state index in [-0.39, 0.29) is 23.9 Å². The minimum Gasteiger partial charge on any atom is -0.485 e. The smallest absolute Gasteiger partial charge is 0.255 e. The molecule has 1 amide bonds. The monoisotopic (exact) mass is 268 g/mol. The predicted molar refractivity (Wildman–Crippen MR) is 71.5 cm³/mol. The fourth-order valence-corrected chi connectivity index (χ4v) is 2.51. The maximum Gasteiger partial charge on any atom is 0.255 e. The van der Waals surface area contributed by atoms with Gasteiger partial charge in [0.1, 0.15) is 11.4 Å². The first-order valence-corrected chi connectivity index (χ1v) is 6.06. The van der Waals surface area contributed by atoms with Crippen molar-refractivity contribution in [2.45, 2.75) is 18.4 Å². The SMILES string of the molecule is Cl.O=C1NCC2(CCNCC2)Oc2ccccc21. The topological polar surface area (TPSA) is 50.4 Å². The largest absolute Gasteiger partial charge is 0.485 e. The van der Waals surface area contributed by atoms with Gasteiger partial charge in [-0.05, 0) is 25.2 Å². The number of rotatable bonds is 0. The van der Waals surface area contributed by atoms with Gasteiger partial charge in [0.05, 0.1) is 12.1 Å². The molecule has 0 bridgehead atoms. The molecule has 0 unspecified atom stereocenters. The zero-order chi connectivity index (χ0) is 11.7. The molecule has 4 nitrogen and oxygen atoms in total. The lowest BCUT2D eigenvalue weighted by atomic mass is 9.92. The molecule has 5 heteroatoms. The van der Waals surface area contributed by atoms with Gasteiger partial charge in [-0.2, -0.15) is 0 Å². The first-order chi connectivity index (χ1) is 8.29. The van der Waals surface area contributed by atoms with Gasteiger partial charge >= 0.3 is 0 Å². The number of ether oxygens (including phenoxy) is 1. The molecule has 0 aliphatic carbocycles. The number of hydrogen-bond acceptors (Lipinski definition) is 3. The molecule has 1 spiro atoms. The number of nitrogens with one attached hydrogen (secondary N) is 2. The van der Waals surface area contributed by atoms with Crippen LogP contribution in [0.2, 0.25) is 0 Å². The molecule has 2 aliphatic rings. The van der Waals surface area contributed by atoms with Gasteiger partial charge in [-0.15, -0.1) is 12.4 Å². The predicted octanol–water partition coefficient (Wildman–Crippen LogP) is 1.35. The molecule has 2 aliphatic heterocycles. The zero-order valence-electron chi connectivity index (χ0n) is 10.1. The number of fused-ring (bicyclic) bond motifs is 1. The van der Waals surface area contributed by atoms with Crippen LogP contribution in [-0.2, 0) is 0 Å². The highest BCUT2D eigenvalue weighted by Crippen LogP contribution is 2.30. The number of amides is 1. The normalized spacial score (nSPS) is 21.0. The van der Waals surface area contributed by atoms with Crippen LogP contribution in [0.1, 0.15) is 23.2 Å². The fourth-order valence-electron chi connectivity index (χ4n) is 2.51. The Morgan fingerprint density at radius 1 is 1.17 bits per heavy atom. The van der Waals surface area contributed by atoms with Crippen molar-refractivity contribution in [3.63, 3.8) is 0 Å². The summed E-state index contributed by atoms with van der Waals surface area (Å²) in [6.07, 6.45) is 1.86. The number of benzene rings is 1. The minimum absolute atomic E-state index is 0. The fraction of sp³-hybridized carbons (Fsp3) is 0.462. The summed E-state index contributed by atoms with van der Waals surface area (Å²) < 4.78 is 6.13. The number of hydrogen-bond donors (Lipinski definition) is 2. The van der Waals surface area contributed by atoms with Gasteiger partial charge in [-0.1, -0.05) is 12.1 Å². The van der Waals surface area contributed by atoms with E-state index in [4.69, 9.17) is 4.74 Å². The van der Waals surface area contributed by atoms with Crippen molar-refractivity contribution >= 4 is 18.3 Å². The molecule has 1 fully saturated rings. The van der Waals surface area contributed by atoms with Crippen LogP contribution in [0, 0.1) is 0 Å². The van der Waals surface area contributed by atoms with Crippen LogP contribution >= 0.6 is 12.4 Å². The number of carbonyl (C=O) groups is 1. The Hall–Kier alpha value is -1.26. The van der Waals surface area contributed by atoms with Crippen molar-refractivity contribution < 1.29 is 9.53 Å². The van der Waals surface area contributed by atoms with E-state index in [0.717, 1.165) is 25.9 Å². The van der Waals surface area contributed by atoms with Crippen LogP contribution in [0.3, 0.4) is 0 Å². The first kappa shape index (κ1) is 13.2. The summed E-state index contributed by atoms with van der Waals surface area (Å²) in [5.74, 6) is 0.681. The minimum atomic E-state index is -0.229. The standard InChI is InChI=1S/C13H16N2O2.ClH/c16-12-10-3-1-2-4-11(10)17-13(9-15-12)5-7-14-8-6-13;/h1-4,14H,5-9H2,(H,15,16);1H. The third kappa shape index (κ3) is 2.31. The third-order valence-corrected chi connectivity index (χ3v) is 3.54. The maximum absolute atomic E-state index is 11.9. The van der Waals surface area contributed by atoms with E-state index in [9.17, 15) is 4.79 Å². The van der Waals surface area contributed by atoms with Crippen LogP contribution < -0.4 is 15.4 Å². The van der Waals surface area contributed by atoms with Gasteiger partial charge in [0.15, 0.2) is 0 Å². The van der Waals surface area contributed by atoms with E-state index in [1.807, 2.05) is 24.3 Å². The molecule has 0 saturated carbocycles. The summed E-state index contributed by atoms with van der Waals surface area (Å²) in [5, 5.41) is 6.29. The van der Waals surface area contributed by atoms with E-state index in [1.54, 1.807) is 0 Å². The highest BCUT2D eigenvalue weighted by molar-refractivity contribution is 5.97. The Morgan fingerprint density at radius 3 is 2.67 bits per heavy atom. The van der Waals surface area contributed by atoms with Crippen LogP contribution in [0.25, 0.3) is 0 Å². The molecule has 3 rings (SSSR count). The summed E-state index contributed by atoms with van der Waals surface area (Å²) in [7, 11) is 0. The van der Waals surface area contributed by atoms with Gasteiger partial charge in [-0.3, -0.25) is 4.79 Å². The summed E-state index contributed by atoms with van der Waals surface area (Å²) in [6.45, 7) is 2.48. The van der Waals surface area contributed by atoms with Crippen LogP contribution in [0.4, 0.5) is 0 Å². The van der Waals surface area contributed by atoms with Crippen molar-refractivity contribution in [1.82, 2.24) is 10.6 Å². The number of halogens is 1. The van der Waals surface area contributed by atoms with Crippen LogP contribution in [-0.4, -0.2) is 31.1 Å². The van der Waals surface area contributed by atoms with Gasteiger partial charge < -0.3 is 15.4 Å². The van der Waals surface area contributed by atoms with Gasteiger partial charge in [-0.25, -0.2) is 0 Å². The van der Waals surface area contributed by atoms with E-state index in [0.29, 0.717) is 17.9 Å². The average Bonchev–Trinajstić information content (AvgIpc) is 2.50. The van der Waals surface area contributed by atoms with E-state index >= 15 is 0 Å². The van der Waals surface area contributed by atoms with Gasteiger partial charge in [0.2, 0.25) is 0 Å². The Bertz CT molecular complexity index is 444. The van der Waals surface area contributed by atoms with Gasteiger partial charge in [0, 0.05) is 12.8 Å². The lowest BCUT2D eigenvalue weighted by Gasteiger charge is -2.36. The second-order valence-electron chi connectivity index (χ2n) is 4.71. The van der Waals surface area contributed by atoms with Crippen LogP contribution in [0.15, 0.2) is 24.3 Å². The first-order valence-electron chi connectivity index (χ1n) is 6.06. The van der Waals surface area contributed by atoms with Gasteiger partial charge in [0.25, 0.3) is 5.91 Å². The molecule has 18 heavy (non-hydrogen) atoms. The molecule has 2 N–H and O–H groups in total. The van der Waals surface area contributed by atoms with Crippen molar-refractivity contribution in [3.05, 3.63) is 29.8 Å². The number of para-hydroxylation sites is 1. The van der Waals surface area contributed by atoms with E-state index < -0.39 is 0 Å². The van der Waals surface area contributed by atoms with Crippen molar-refractivity contribution in [2.24, 2.45) is 0 Å². The second-order valence-corrected chi connectivity index (χ2v) is 4.71. The van der Waals surface area contributed by atoms with E-state index in [2.05, 4.69) is 10.6 Å². The molecule has 0 aromatic heterocycles. The molecular weight excluding hydrogens is 252 g/mol. The molecule has 1 aromatic carbocycles.